The smallest absolute Gasteiger partial charge is 0.324 e. The second-order valence-corrected chi connectivity index (χ2v) is 6.47. The molecule has 0 radical (unpaired) electrons. The van der Waals surface area contributed by atoms with Crippen LogP contribution in [0.2, 0.25) is 0 Å². The van der Waals surface area contributed by atoms with Crippen molar-refractivity contribution < 1.29 is 9.90 Å². The minimum Gasteiger partial charge on any atom is -0.480 e. The summed E-state index contributed by atoms with van der Waals surface area (Å²) in [7, 11) is 1.81. The van der Waals surface area contributed by atoms with Crippen LogP contribution in [0, 0.1) is 5.92 Å². The average Bonchev–Trinajstić information content (AvgIpc) is 3.08. The van der Waals surface area contributed by atoms with Crippen LogP contribution in [0.3, 0.4) is 0 Å². The first-order chi connectivity index (χ1) is 9.64. The van der Waals surface area contributed by atoms with Crippen molar-refractivity contribution in [2.75, 3.05) is 20.1 Å². The third-order valence-corrected chi connectivity index (χ3v) is 5.66. The molecule has 4 nitrogen and oxygen atoms in total. The second kappa shape index (κ2) is 6.90. The minimum absolute atomic E-state index is 0.278. The topological polar surface area (TPSA) is 52.6 Å². The van der Waals surface area contributed by atoms with E-state index in [0.29, 0.717) is 0 Å². The molecule has 0 amide bonds. The van der Waals surface area contributed by atoms with E-state index in [1.807, 2.05) is 0 Å². The number of carbonyl (C=O) groups is 1. The summed E-state index contributed by atoms with van der Waals surface area (Å²) in [4.78, 5) is 14.2. The SMILES string of the molecule is CCN(CCC1CCCC1(NC)C(=O)O)C1CCCC1. The maximum atomic E-state index is 11.7. The monoisotopic (exact) mass is 282 g/mol. The number of nitrogens with one attached hydrogen (secondary N) is 1. The van der Waals surface area contributed by atoms with Crippen LogP contribution in [0.25, 0.3) is 0 Å². The van der Waals surface area contributed by atoms with E-state index in [9.17, 15) is 9.90 Å². The van der Waals surface area contributed by atoms with Crippen LogP contribution in [0.15, 0.2) is 0 Å². The molecule has 0 saturated heterocycles. The molecule has 0 aromatic carbocycles. The van der Waals surface area contributed by atoms with Gasteiger partial charge in [0.05, 0.1) is 0 Å². The highest BCUT2D eigenvalue weighted by atomic mass is 16.4. The van der Waals surface area contributed by atoms with Crippen molar-refractivity contribution in [2.45, 2.75) is 69.9 Å². The van der Waals surface area contributed by atoms with Crippen molar-refractivity contribution in [1.29, 1.82) is 0 Å². The Bertz CT molecular complexity index is 328. The van der Waals surface area contributed by atoms with Crippen LogP contribution in [-0.2, 0) is 4.79 Å². The molecule has 2 fully saturated rings. The van der Waals surface area contributed by atoms with E-state index >= 15 is 0 Å². The maximum absolute atomic E-state index is 11.7. The Morgan fingerprint density at radius 1 is 1.30 bits per heavy atom. The van der Waals surface area contributed by atoms with Gasteiger partial charge in [0.2, 0.25) is 0 Å². The molecular weight excluding hydrogens is 252 g/mol. The van der Waals surface area contributed by atoms with Crippen LogP contribution in [0.1, 0.15) is 58.3 Å². The van der Waals surface area contributed by atoms with Crippen LogP contribution < -0.4 is 5.32 Å². The Hall–Kier alpha value is -0.610. The largest absolute Gasteiger partial charge is 0.480 e. The standard InChI is InChI=1S/C16H30N2O2/c1-3-18(14-8-4-5-9-14)12-10-13-7-6-11-16(13,17-2)15(19)20/h13-14,17H,3-12H2,1-2H3,(H,19,20). The minimum atomic E-state index is -0.672. The predicted octanol–water partition coefficient (Wildman–Crippen LogP) is 2.48. The molecule has 0 aliphatic heterocycles. The lowest BCUT2D eigenvalue weighted by Crippen LogP contribution is -2.53. The molecule has 2 saturated carbocycles. The highest BCUT2D eigenvalue weighted by Crippen LogP contribution is 2.38. The zero-order valence-corrected chi connectivity index (χ0v) is 13.0. The van der Waals surface area contributed by atoms with Crippen LogP contribution in [0.5, 0.6) is 0 Å². The highest BCUT2D eigenvalue weighted by Gasteiger charge is 2.47. The number of hydrogen-bond donors (Lipinski definition) is 2. The average molecular weight is 282 g/mol. The van der Waals surface area contributed by atoms with Gasteiger partial charge in [-0.1, -0.05) is 26.2 Å². The van der Waals surface area contributed by atoms with Gasteiger partial charge < -0.3 is 15.3 Å². The van der Waals surface area contributed by atoms with Gasteiger partial charge >= 0.3 is 5.97 Å². The fraction of sp³-hybridized carbons (Fsp3) is 0.938. The number of hydrogen-bond acceptors (Lipinski definition) is 3. The molecule has 0 spiro atoms. The normalized spacial score (nSPS) is 31.2. The van der Waals surface area contributed by atoms with Crippen molar-refractivity contribution in [3.63, 3.8) is 0 Å². The van der Waals surface area contributed by atoms with E-state index in [1.165, 1.54) is 25.7 Å². The molecule has 2 aliphatic rings. The molecule has 2 atom stereocenters. The Morgan fingerprint density at radius 2 is 2.00 bits per heavy atom. The summed E-state index contributed by atoms with van der Waals surface area (Å²) in [5.41, 5.74) is -0.672. The van der Waals surface area contributed by atoms with Gasteiger partial charge in [-0.05, 0) is 58.2 Å². The van der Waals surface area contributed by atoms with Gasteiger partial charge in [-0.2, -0.15) is 0 Å². The van der Waals surface area contributed by atoms with Gasteiger partial charge in [-0.25, -0.2) is 0 Å². The van der Waals surface area contributed by atoms with Gasteiger partial charge in [0.1, 0.15) is 5.54 Å². The molecule has 116 valence electrons. The molecule has 20 heavy (non-hydrogen) atoms. The molecule has 4 heteroatoms. The van der Waals surface area contributed by atoms with Crippen LogP contribution in [0.4, 0.5) is 0 Å². The lowest BCUT2D eigenvalue weighted by molar-refractivity contribution is -0.146. The molecule has 0 bridgehead atoms. The van der Waals surface area contributed by atoms with Gasteiger partial charge in [-0.15, -0.1) is 0 Å². The van der Waals surface area contributed by atoms with E-state index in [4.69, 9.17) is 0 Å². The molecule has 2 rings (SSSR count). The third-order valence-electron chi connectivity index (χ3n) is 5.66. The van der Waals surface area contributed by atoms with Gasteiger partial charge in [0.15, 0.2) is 0 Å². The van der Waals surface area contributed by atoms with Gasteiger partial charge in [0, 0.05) is 6.04 Å². The van der Waals surface area contributed by atoms with Gasteiger partial charge in [-0.3, -0.25) is 4.79 Å². The van der Waals surface area contributed by atoms with E-state index in [2.05, 4.69) is 17.1 Å². The van der Waals surface area contributed by atoms with E-state index < -0.39 is 11.5 Å². The summed E-state index contributed by atoms with van der Waals surface area (Å²) in [6, 6.07) is 0.746. The number of likely N-dealkylation sites (N-methyl/N-ethyl adjacent to an activating group) is 1. The number of rotatable bonds is 7. The van der Waals surface area contributed by atoms with Gasteiger partial charge in [0.25, 0.3) is 0 Å². The number of nitrogens with zero attached hydrogens (tertiary/aromatic N) is 1. The highest BCUT2D eigenvalue weighted by molar-refractivity contribution is 5.79. The van der Waals surface area contributed by atoms with Crippen molar-refractivity contribution in [3.8, 4) is 0 Å². The van der Waals surface area contributed by atoms with Crippen molar-refractivity contribution >= 4 is 5.97 Å². The van der Waals surface area contributed by atoms with Crippen molar-refractivity contribution in [2.24, 2.45) is 5.92 Å². The predicted molar refractivity (Wildman–Crippen MR) is 80.9 cm³/mol. The van der Waals surface area contributed by atoms with Crippen LogP contribution in [-0.4, -0.2) is 47.7 Å². The molecule has 2 N–H and O–H groups in total. The second-order valence-electron chi connectivity index (χ2n) is 6.47. The van der Waals surface area contributed by atoms with E-state index in [-0.39, 0.29) is 5.92 Å². The number of carboxylic acids is 1. The summed E-state index contributed by atoms with van der Waals surface area (Å²) < 4.78 is 0. The lowest BCUT2D eigenvalue weighted by Gasteiger charge is -2.34. The fourth-order valence-corrected chi connectivity index (χ4v) is 4.38. The zero-order valence-electron chi connectivity index (χ0n) is 13.0. The zero-order chi connectivity index (χ0) is 14.6. The first-order valence-electron chi connectivity index (χ1n) is 8.30. The van der Waals surface area contributed by atoms with E-state index in [0.717, 1.165) is 44.8 Å². The summed E-state index contributed by atoms with van der Waals surface area (Å²) in [6.07, 6.45) is 9.25. The van der Waals surface area contributed by atoms with Crippen LogP contribution >= 0.6 is 0 Å². The quantitative estimate of drug-likeness (QED) is 0.753. The maximum Gasteiger partial charge on any atom is 0.324 e. The molecule has 0 aromatic heterocycles. The molecular formula is C16H30N2O2. The Kier molecular flexibility index (Phi) is 5.44. The van der Waals surface area contributed by atoms with E-state index in [1.54, 1.807) is 7.05 Å². The van der Waals surface area contributed by atoms with Crippen molar-refractivity contribution in [1.82, 2.24) is 10.2 Å². The first-order valence-corrected chi connectivity index (χ1v) is 8.30. The Balaban J connectivity index is 1.92. The van der Waals surface area contributed by atoms with Crippen molar-refractivity contribution in [3.05, 3.63) is 0 Å². The molecule has 0 heterocycles. The fourth-order valence-electron chi connectivity index (χ4n) is 4.38. The number of aliphatic carboxylic acids is 1. The molecule has 2 unspecified atom stereocenters. The summed E-state index contributed by atoms with van der Waals surface area (Å²) in [5.74, 6) is -0.383. The third kappa shape index (κ3) is 3.01. The summed E-state index contributed by atoms with van der Waals surface area (Å²) >= 11 is 0. The summed E-state index contributed by atoms with van der Waals surface area (Å²) in [6.45, 7) is 4.38. The summed E-state index contributed by atoms with van der Waals surface area (Å²) in [5, 5.41) is 12.7. The molecule has 2 aliphatic carbocycles. The number of carboxylic acid groups (broad SMARTS) is 1. The Morgan fingerprint density at radius 3 is 2.55 bits per heavy atom. The lowest BCUT2D eigenvalue weighted by atomic mass is 9.84. The first kappa shape index (κ1) is 15.8. The molecule has 0 aromatic rings. The Labute approximate surface area is 122 Å².